The van der Waals surface area contributed by atoms with Crippen molar-refractivity contribution in [3.8, 4) is 11.5 Å². The fourth-order valence-corrected chi connectivity index (χ4v) is 2.83. The quantitative estimate of drug-likeness (QED) is 0.794. The van der Waals surface area contributed by atoms with Crippen LogP contribution in [0.1, 0.15) is 31.2 Å². The van der Waals surface area contributed by atoms with Crippen LogP contribution in [0.3, 0.4) is 0 Å². The number of amides is 1. The van der Waals surface area contributed by atoms with Crippen LogP contribution >= 0.6 is 0 Å². The van der Waals surface area contributed by atoms with Gasteiger partial charge < -0.3 is 19.5 Å². The predicted molar refractivity (Wildman–Crippen MR) is 84.9 cm³/mol. The maximum Gasteiger partial charge on any atom is 0.305 e. The number of ether oxygens (including phenoxy) is 2. The van der Waals surface area contributed by atoms with Crippen LogP contribution in [0.25, 0.3) is 0 Å². The Morgan fingerprint density at radius 2 is 2.04 bits per heavy atom. The highest BCUT2D eigenvalue weighted by atomic mass is 16.5. The molecule has 2 unspecified atom stereocenters. The highest BCUT2D eigenvalue weighted by Crippen LogP contribution is 2.52. The van der Waals surface area contributed by atoms with Crippen LogP contribution in [0.2, 0.25) is 0 Å². The van der Waals surface area contributed by atoms with Crippen molar-refractivity contribution in [1.29, 1.82) is 0 Å². The monoisotopic (exact) mass is 321 g/mol. The number of carboxylic acid groups (broad SMARTS) is 1. The highest BCUT2D eigenvalue weighted by molar-refractivity contribution is 5.83. The Morgan fingerprint density at radius 1 is 1.30 bits per heavy atom. The number of rotatable bonds is 8. The van der Waals surface area contributed by atoms with Crippen molar-refractivity contribution >= 4 is 11.9 Å². The lowest BCUT2D eigenvalue weighted by Crippen LogP contribution is -2.34. The van der Waals surface area contributed by atoms with Gasteiger partial charge in [0.15, 0.2) is 0 Å². The highest BCUT2D eigenvalue weighted by Gasteiger charge is 2.46. The first kappa shape index (κ1) is 17.1. The lowest BCUT2D eigenvalue weighted by Gasteiger charge is -2.20. The largest absolute Gasteiger partial charge is 0.497 e. The Kier molecular flexibility index (Phi) is 5.47. The average molecular weight is 321 g/mol. The second-order valence-corrected chi connectivity index (χ2v) is 5.62. The van der Waals surface area contributed by atoms with Crippen LogP contribution in [-0.2, 0) is 9.59 Å². The molecule has 0 aliphatic heterocycles. The summed E-state index contributed by atoms with van der Waals surface area (Å²) >= 11 is 0. The fraction of sp³-hybridized carbons (Fsp3) is 0.529. The molecule has 1 aliphatic carbocycles. The number of carbonyl (C=O) groups excluding carboxylic acids is 1. The second kappa shape index (κ2) is 7.35. The van der Waals surface area contributed by atoms with E-state index in [1.807, 2.05) is 25.1 Å². The minimum absolute atomic E-state index is 0.0172. The molecule has 0 aromatic heterocycles. The summed E-state index contributed by atoms with van der Waals surface area (Å²) in [6, 6.07) is 5.58. The third-order valence-corrected chi connectivity index (χ3v) is 4.23. The Balaban J connectivity index is 2.08. The molecular weight excluding hydrogens is 298 g/mol. The van der Waals surface area contributed by atoms with Gasteiger partial charge in [-0.2, -0.15) is 0 Å². The lowest BCUT2D eigenvalue weighted by atomic mass is 10.1. The summed E-state index contributed by atoms with van der Waals surface area (Å²) in [5.41, 5.74) is 0.972. The first-order chi connectivity index (χ1) is 11.0. The van der Waals surface area contributed by atoms with Gasteiger partial charge in [0.1, 0.15) is 11.5 Å². The Hall–Kier alpha value is -2.24. The van der Waals surface area contributed by atoms with Gasteiger partial charge in [-0.05, 0) is 31.5 Å². The molecule has 6 nitrogen and oxygen atoms in total. The van der Waals surface area contributed by atoms with E-state index in [2.05, 4.69) is 0 Å². The number of hydrogen-bond donors (Lipinski definition) is 1. The number of aliphatic carboxylic acids is 1. The summed E-state index contributed by atoms with van der Waals surface area (Å²) in [4.78, 5) is 24.9. The first-order valence-corrected chi connectivity index (χ1v) is 7.74. The summed E-state index contributed by atoms with van der Waals surface area (Å²) in [7, 11) is 3.21. The van der Waals surface area contributed by atoms with Crippen molar-refractivity contribution in [3.05, 3.63) is 23.8 Å². The molecule has 0 radical (unpaired) electrons. The van der Waals surface area contributed by atoms with Crippen molar-refractivity contribution in [3.63, 3.8) is 0 Å². The minimum atomic E-state index is -0.891. The molecule has 1 saturated carbocycles. The normalized spacial score (nSPS) is 19.1. The summed E-state index contributed by atoms with van der Waals surface area (Å²) in [5, 5.41) is 8.78. The molecule has 0 saturated heterocycles. The Bertz CT molecular complexity index is 586. The second-order valence-electron chi connectivity index (χ2n) is 5.62. The lowest BCUT2D eigenvalue weighted by molar-refractivity contribution is -0.138. The Labute approximate surface area is 136 Å². The van der Waals surface area contributed by atoms with Gasteiger partial charge in [0.2, 0.25) is 5.91 Å². The number of methoxy groups -OCH3 is 2. The van der Waals surface area contributed by atoms with E-state index in [-0.39, 0.29) is 30.7 Å². The molecule has 6 heteroatoms. The van der Waals surface area contributed by atoms with Crippen molar-refractivity contribution in [2.45, 2.75) is 25.7 Å². The third kappa shape index (κ3) is 3.94. The first-order valence-electron chi connectivity index (χ1n) is 7.74. The molecule has 1 aromatic carbocycles. The molecule has 1 amide bonds. The van der Waals surface area contributed by atoms with E-state index >= 15 is 0 Å². The number of hydrogen-bond acceptors (Lipinski definition) is 4. The molecule has 0 heterocycles. The Morgan fingerprint density at radius 3 is 2.61 bits per heavy atom. The van der Waals surface area contributed by atoms with Crippen LogP contribution in [-0.4, -0.2) is 49.2 Å². The third-order valence-electron chi connectivity index (χ3n) is 4.23. The standard InChI is InChI=1S/C17H23NO5/c1-4-18(8-7-16(19)20)17(21)14-10-12(14)13-9-11(22-2)5-6-15(13)23-3/h5-6,9,12,14H,4,7-8,10H2,1-3H3,(H,19,20). The zero-order chi connectivity index (χ0) is 17.0. The van der Waals surface area contributed by atoms with Gasteiger partial charge in [0, 0.05) is 30.5 Å². The molecule has 1 aliphatic rings. The van der Waals surface area contributed by atoms with Crippen LogP contribution in [0.15, 0.2) is 18.2 Å². The molecule has 126 valence electrons. The van der Waals surface area contributed by atoms with Crippen LogP contribution in [0.5, 0.6) is 11.5 Å². The maximum atomic E-state index is 12.5. The summed E-state index contributed by atoms with van der Waals surface area (Å²) in [6.45, 7) is 2.64. The number of benzene rings is 1. The van der Waals surface area contributed by atoms with Gasteiger partial charge in [0.25, 0.3) is 0 Å². The van der Waals surface area contributed by atoms with Gasteiger partial charge in [-0.1, -0.05) is 0 Å². The van der Waals surface area contributed by atoms with Gasteiger partial charge in [-0.15, -0.1) is 0 Å². The van der Waals surface area contributed by atoms with E-state index in [0.29, 0.717) is 6.54 Å². The van der Waals surface area contributed by atoms with Crippen LogP contribution in [0, 0.1) is 5.92 Å². The van der Waals surface area contributed by atoms with Gasteiger partial charge in [0.05, 0.1) is 20.6 Å². The molecule has 1 fully saturated rings. The van der Waals surface area contributed by atoms with Crippen LogP contribution in [0.4, 0.5) is 0 Å². The summed E-state index contributed by atoms with van der Waals surface area (Å²) in [5.74, 6) is 0.606. The fourth-order valence-electron chi connectivity index (χ4n) is 2.83. The van der Waals surface area contributed by atoms with Crippen molar-refractivity contribution < 1.29 is 24.2 Å². The molecule has 2 rings (SSSR count). The number of nitrogens with zero attached hydrogens (tertiary/aromatic N) is 1. The molecule has 1 aromatic rings. The van der Waals surface area contributed by atoms with Crippen molar-refractivity contribution in [1.82, 2.24) is 4.90 Å². The topological polar surface area (TPSA) is 76.1 Å². The number of carbonyl (C=O) groups is 2. The molecular formula is C17H23NO5. The van der Waals surface area contributed by atoms with Crippen molar-refractivity contribution in [2.24, 2.45) is 5.92 Å². The predicted octanol–water partition coefficient (Wildman–Crippen LogP) is 2.13. The summed E-state index contributed by atoms with van der Waals surface area (Å²) < 4.78 is 10.6. The average Bonchev–Trinajstić information content (AvgIpc) is 3.34. The van der Waals surface area contributed by atoms with E-state index in [9.17, 15) is 9.59 Å². The van der Waals surface area contributed by atoms with Gasteiger partial charge in [-0.25, -0.2) is 0 Å². The SMILES string of the molecule is CCN(CCC(=O)O)C(=O)C1CC1c1cc(OC)ccc1OC. The van der Waals surface area contributed by atoms with E-state index in [0.717, 1.165) is 23.5 Å². The van der Waals surface area contributed by atoms with E-state index in [4.69, 9.17) is 14.6 Å². The molecule has 2 atom stereocenters. The zero-order valence-electron chi connectivity index (χ0n) is 13.7. The molecule has 0 spiro atoms. The molecule has 23 heavy (non-hydrogen) atoms. The van der Waals surface area contributed by atoms with E-state index in [1.165, 1.54) is 0 Å². The molecule has 1 N–H and O–H groups in total. The van der Waals surface area contributed by atoms with E-state index < -0.39 is 5.97 Å². The zero-order valence-corrected chi connectivity index (χ0v) is 13.7. The summed E-state index contributed by atoms with van der Waals surface area (Å²) in [6.07, 6.45) is 0.728. The minimum Gasteiger partial charge on any atom is -0.497 e. The van der Waals surface area contributed by atoms with Gasteiger partial charge >= 0.3 is 5.97 Å². The van der Waals surface area contributed by atoms with Gasteiger partial charge in [-0.3, -0.25) is 9.59 Å². The van der Waals surface area contributed by atoms with Crippen molar-refractivity contribution in [2.75, 3.05) is 27.3 Å². The smallest absolute Gasteiger partial charge is 0.305 e. The molecule has 0 bridgehead atoms. The number of carboxylic acids is 1. The maximum absolute atomic E-state index is 12.5. The van der Waals surface area contributed by atoms with E-state index in [1.54, 1.807) is 19.1 Å². The van der Waals surface area contributed by atoms with Crippen LogP contribution < -0.4 is 9.47 Å².